The molecule has 102 valence electrons. The molecule has 0 atom stereocenters. The molecule has 0 aliphatic heterocycles. The lowest BCUT2D eigenvalue weighted by Gasteiger charge is -2.11. The van der Waals surface area contributed by atoms with Gasteiger partial charge in [0.2, 0.25) is 5.91 Å². The molecule has 2 N–H and O–H groups in total. The van der Waals surface area contributed by atoms with E-state index < -0.39 is 0 Å². The topological polar surface area (TPSA) is 61.4 Å². The highest BCUT2D eigenvalue weighted by atomic mass is 16.2. The van der Waals surface area contributed by atoms with Crippen LogP contribution in [0.4, 0.5) is 10.5 Å². The molecule has 19 heavy (non-hydrogen) atoms. The number of nitrogens with zero attached hydrogens (tertiary/aromatic N) is 1. The van der Waals surface area contributed by atoms with Crippen LogP contribution in [0, 0.1) is 0 Å². The third-order valence-electron chi connectivity index (χ3n) is 2.50. The van der Waals surface area contributed by atoms with Gasteiger partial charge in [-0.3, -0.25) is 4.79 Å². The van der Waals surface area contributed by atoms with Gasteiger partial charge in [0, 0.05) is 26.3 Å². The molecule has 0 heterocycles. The van der Waals surface area contributed by atoms with Gasteiger partial charge >= 0.3 is 6.03 Å². The highest BCUT2D eigenvalue weighted by molar-refractivity contribution is 5.98. The maximum atomic E-state index is 11.3. The molecule has 3 amide bonds. The molecule has 0 fully saturated rings. The Hall–Kier alpha value is -2.30. The zero-order valence-corrected chi connectivity index (χ0v) is 11.3. The van der Waals surface area contributed by atoms with Crippen LogP contribution in [0.25, 0.3) is 0 Å². The van der Waals surface area contributed by atoms with E-state index in [9.17, 15) is 9.59 Å². The second-order valence-corrected chi connectivity index (χ2v) is 4.27. The third kappa shape index (κ3) is 5.25. The summed E-state index contributed by atoms with van der Waals surface area (Å²) < 4.78 is 0. The minimum absolute atomic E-state index is 0.102. The van der Waals surface area contributed by atoms with Crippen molar-refractivity contribution in [1.82, 2.24) is 10.2 Å². The lowest BCUT2D eigenvalue weighted by Crippen LogP contribution is -2.35. The summed E-state index contributed by atoms with van der Waals surface area (Å²) in [5.41, 5.74) is 1.82. The summed E-state index contributed by atoms with van der Waals surface area (Å²) in [6.07, 6.45) is 1.97. The zero-order chi connectivity index (χ0) is 14.3. The Kier molecular flexibility index (Phi) is 5.60. The number of carbonyl (C=O) groups is 2. The fraction of sp³-hybridized carbons (Fsp3) is 0.286. The monoisotopic (exact) mass is 261 g/mol. The van der Waals surface area contributed by atoms with Gasteiger partial charge in [0.05, 0.1) is 0 Å². The number of anilines is 1. The number of carbonyl (C=O) groups excluding carboxylic acids is 2. The summed E-state index contributed by atoms with van der Waals surface area (Å²) in [4.78, 5) is 23.9. The standard InChI is InChI=1S/C14H19N3O2/c1-4-13(18)16-12-7-5-11(6-8-12)9-10-15-14(19)17(2)3/h4-8H,1,9-10H2,2-3H3,(H,15,19)(H,16,18). The summed E-state index contributed by atoms with van der Waals surface area (Å²) >= 11 is 0. The molecule has 0 aliphatic rings. The minimum Gasteiger partial charge on any atom is -0.338 e. The van der Waals surface area contributed by atoms with E-state index in [1.807, 2.05) is 24.3 Å². The Morgan fingerprint density at radius 1 is 1.26 bits per heavy atom. The van der Waals surface area contributed by atoms with Crippen LogP contribution >= 0.6 is 0 Å². The molecule has 1 rings (SSSR count). The van der Waals surface area contributed by atoms with Gasteiger partial charge in [0.15, 0.2) is 0 Å². The van der Waals surface area contributed by atoms with Crippen molar-refractivity contribution in [3.63, 3.8) is 0 Å². The molecule has 0 saturated carbocycles. The van der Waals surface area contributed by atoms with Crippen molar-refractivity contribution in [3.05, 3.63) is 42.5 Å². The van der Waals surface area contributed by atoms with Crippen molar-refractivity contribution in [3.8, 4) is 0 Å². The molecule has 0 aliphatic carbocycles. The molecule has 5 heteroatoms. The van der Waals surface area contributed by atoms with Crippen molar-refractivity contribution >= 4 is 17.6 Å². The van der Waals surface area contributed by atoms with E-state index in [1.165, 1.54) is 11.0 Å². The quantitative estimate of drug-likeness (QED) is 0.791. The van der Waals surface area contributed by atoms with Crippen LogP contribution in [-0.2, 0) is 11.2 Å². The first-order chi connectivity index (χ1) is 9.02. The van der Waals surface area contributed by atoms with E-state index in [-0.39, 0.29) is 11.9 Å². The van der Waals surface area contributed by atoms with Gasteiger partial charge in [-0.25, -0.2) is 4.79 Å². The maximum Gasteiger partial charge on any atom is 0.316 e. The molecule has 5 nitrogen and oxygen atoms in total. The van der Waals surface area contributed by atoms with E-state index in [0.29, 0.717) is 6.54 Å². The predicted molar refractivity (Wildman–Crippen MR) is 76.1 cm³/mol. The van der Waals surface area contributed by atoms with E-state index in [2.05, 4.69) is 17.2 Å². The SMILES string of the molecule is C=CC(=O)Nc1ccc(CCNC(=O)N(C)C)cc1. The Labute approximate surface area is 113 Å². The van der Waals surface area contributed by atoms with Gasteiger partial charge in [0.1, 0.15) is 0 Å². The smallest absolute Gasteiger partial charge is 0.316 e. The lowest BCUT2D eigenvalue weighted by atomic mass is 10.1. The van der Waals surface area contributed by atoms with Gasteiger partial charge in [-0.2, -0.15) is 0 Å². The number of urea groups is 1. The largest absolute Gasteiger partial charge is 0.338 e. The van der Waals surface area contributed by atoms with Crippen molar-refractivity contribution < 1.29 is 9.59 Å². The molecular formula is C14H19N3O2. The Balaban J connectivity index is 2.42. The van der Waals surface area contributed by atoms with Crippen LogP contribution in [0.1, 0.15) is 5.56 Å². The summed E-state index contributed by atoms with van der Waals surface area (Å²) in [5.74, 6) is -0.231. The summed E-state index contributed by atoms with van der Waals surface area (Å²) in [7, 11) is 3.40. The van der Waals surface area contributed by atoms with Crippen LogP contribution < -0.4 is 10.6 Å². The minimum atomic E-state index is -0.231. The van der Waals surface area contributed by atoms with Crippen molar-refractivity contribution in [2.75, 3.05) is 26.0 Å². The number of hydrogen-bond donors (Lipinski definition) is 2. The maximum absolute atomic E-state index is 11.3. The van der Waals surface area contributed by atoms with E-state index in [1.54, 1.807) is 14.1 Å². The van der Waals surface area contributed by atoms with Crippen LogP contribution in [0.2, 0.25) is 0 Å². The highest BCUT2D eigenvalue weighted by Gasteiger charge is 2.02. The molecule has 0 spiro atoms. The van der Waals surface area contributed by atoms with Gasteiger partial charge in [-0.05, 0) is 30.2 Å². The third-order valence-corrected chi connectivity index (χ3v) is 2.50. The van der Waals surface area contributed by atoms with Crippen LogP contribution in [0.5, 0.6) is 0 Å². The summed E-state index contributed by atoms with van der Waals surface area (Å²) in [6, 6.07) is 7.38. The number of benzene rings is 1. The average molecular weight is 261 g/mol. The van der Waals surface area contributed by atoms with Gasteiger partial charge in [-0.1, -0.05) is 18.7 Å². The van der Waals surface area contributed by atoms with Crippen LogP contribution in [-0.4, -0.2) is 37.5 Å². The summed E-state index contributed by atoms with van der Waals surface area (Å²) in [6.45, 7) is 3.97. The predicted octanol–water partition coefficient (Wildman–Crippen LogP) is 1.62. The lowest BCUT2D eigenvalue weighted by molar-refractivity contribution is -0.111. The molecular weight excluding hydrogens is 242 g/mol. The van der Waals surface area contributed by atoms with Gasteiger partial charge < -0.3 is 15.5 Å². The van der Waals surface area contributed by atoms with Gasteiger partial charge in [-0.15, -0.1) is 0 Å². The fourth-order valence-corrected chi connectivity index (χ4v) is 1.42. The first-order valence-corrected chi connectivity index (χ1v) is 6.00. The van der Waals surface area contributed by atoms with Crippen LogP contribution in [0.3, 0.4) is 0 Å². The molecule has 0 bridgehead atoms. The van der Waals surface area contributed by atoms with Crippen molar-refractivity contribution in [2.24, 2.45) is 0 Å². The Morgan fingerprint density at radius 3 is 2.42 bits per heavy atom. The summed E-state index contributed by atoms with van der Waals surface area (Å²) in [5, 5.41) is 5.47. The number of nitrogens with one attached hydrogen (secondary N) is 2. The molecule has 1 aromatic rings. The fourth-order valence-electron chi connectivity index (χ4n) is 1.42. The number of hydrogen-bond acceptors (Lipinski definition) is 2. The molecule has 0 radical (unpaired) electrons. The zero-order valence-electron chi connectivity index (χ0n) is 11.3. The molecule has 0 saturated heterocycles. The molecule has 0 unspecified atom stereocenters. The Bertz CT molecular complexity index is 452. The molecule has 1 aromatic carbocycles. The number of amides is 3. The highest BCUT2D eigenvalue weighted by Crippen LogP contribution is 2.09. The Morgan fingerprint density at radius 2 is 1.89 bits per heavy atom. The molecule has 0 aromatic heterocycles. The number of rotatable bonds is 5. The van der Waals surface area contributed by atoms with E-state index in [0.717, 1.165) is 17.7 Å². The van der Waals surface area contributed by atoms with Gasteiger partial charge in [0.25, 0.3) is 0 Å². The van der Waals surface area contributed by atoms with Crippen molar-refractivity contribution in [2.45, 2.75) is 6.42 Å². The second-order valence-electron chi connectivity index (χ2n) is 4.27. The second kappa shape index (κ2) is 7.20. The normalized spacial score (nSPS) is 9.58. The average Bonchev–Trinajstić information content (AvgIpc) is 2.40. The first-order valence-electron chi connectivity index (χ1n) is 6.00. The van der Waals surface area contributed by atoms with E-state index in [4.69, 9.17) is 0 Å². The first kappa shape index (κ1) is 14.8. The van der Waals surface area contributed by atoms with E-state index >= 15 is 0 Å². The van der Waals surface area contributed by atoms with Crippen molar-refractivity contribution in [1.29, 1.82) is 0 Å². The van der Waals surface area contributed by atoms with Crippen LogP contribution in [0.15, 0.2) is 36.9 Å².